The smallest absolute Gasteiger partial charge is 0.345 e. The summed E-state index contributed by atoms with van der Waals surface area (Å²) in [6.45, 7) is 16.4. The number of benzene rings is 1. The van der Waals surface area contributed by atoms with E-state index in [0.29, 0.717) is 17.2 Å². The zero-order chi connectivity index (χ0) is 22.7. The van der Waals surface area contributed by atoms with Gasteiger partial charge in [0.2, 0.25) is 5.91 Å². The van der Waals surface area contributed by atoms with Crippen LogP contribution in [0.4, 0.5) is 5.69 Å². The molecule has 1 heterocycles. The van der Waals surface area contributed by atoms with Crippen molar-refractivity contribution in [2.45, 2.75) is 66.3 Å². The third kappa shape index (κ3) is 5.83. The van der Waals surface area contributed by atoms with Gasteiger partial charge in [0.25, 0.3) is 0 Å². The number of carbonyl (C=O) groups is 2. The first-order chi connectivity index (χ1) is 13.7. The van der Waals surface area contributed by atoms with Crippen LogP contribution in [0.3, 0.4) is 0 Å². The van der Waals surface area contributed by atoms with Crippen molar-refractivity contribution in [3.8, 4) is 5.75 Å². The van der Waals surface area contributed by atoms with Crippen molar-refractivity contribution in [1.29, 1.82) is 0 Å². The normalized spacial score (nSPS) is 12.5. The Labute approximate surface area is 180 Å². The van der Waals surface area contributed by atoms with Gasteiger partial charge in [-0.15, -0.1) is 0 Å². The fourth-order valence-electron chi connectivity index (χ4n) is 2.22. The molecule has 0 fully saturated rings. The molecule has 0 radical (unpaired) electrons. The first-order valence-electron chi connectivity index (χ1n) is 10.1. The molecule has 6 nitrogen and oxygen atoms in total. The van der Waals surface area contributed by atoms with Crippen LogP contribution in [0.5, 0.6) is 5.75 Å². The Kier molecular flexibility index (Phi) is 6.99. The second-order valence-electron chi connectivity index (χ2n) is 9.90. The van der Waals surface area contributed by atoms with E-state index in [1.165, 1.54) is 6.26 Å². The molecule has 0 unspecified atom stereocenters. The second kappa shape index (κ2) is 8.77. The predicted octanol–water partition coefficient (Wildman–Crippen LogP) is 6.01. The summed E-state index contributed by atoms with van der Waals surface area (Å²) in [4.78, 5) is 25.2. The van der Waals surface area contributed by atoms with Crippen LogP contribution < -0.4 is 10.1 Å². The minimum absolute atomic E-state index is 0.0562. The maximum absolute atomic E-state index is 12.8. The van der Waals surface area contributed by atoms with Crippen LogP contribution in [-0.2, 0) is 15.8 Å². The van der Waals surface area contributed by atoms with E-state index in [2.05, 4.69) is 39.2 Å². The minimum atomic E-state index is -1.98. The highest BCUT2D eigenvalue weighted by molar-refractivity contribution is 6.74. The van der Waals surface area contributed by atoms with E-state index in [9.17, 15) is 9.59 Å². The summed E-state index contributed by atoms with van der Waals surface area (Å²) in [6.07, 6.45) is 1.47. The number of amides is 1. The van der Waals surface area contributed by atoms with Crippen molar-refractivity contribution >= 4 is 25.9 Å². The SMILES string of the molecule is CC(C)(C)C(=O)Nc1ccccc1C(=O)Oc1ccoc1CO[Si](C)(C)C(C)(C)C. The lowest BCUT2D eigenvalue weighted by molar-refractivity contribution is -0.123. The molecule has 0 saturated carbocycles. The summed E-state index contributed by atoms with van der Waals surface area (Å²) in [7, 11) is -1.98. The summed E-state index contributed by atoms with van der Waals surface area (Å²) < 4.78 is 17.3. The number of anilines is 1. The maximum atomic E-state index is 12.8. The Balaban J connectivity index is 2.16. The van der Waals surface area contributed by atoms with E-state index < -0.39 is 19.7 Å². The number of furan rings is 1. The molecule has 0 atom stereocenters. The van der Waals surface area contributed by atoms with Gasteiger partial charge in [-0.05, 0) is 30.3 Å². The Bertz CT molecular complexity index is 903. The number of carbonyl (C=O) groups excluding carboxylic acids is 2. The number of hydrogen-bond donors (Lipinski definition) is 1. The lowest BCUT2D eigenvalue weighted by atomic mass is 9.95. The molecule has 2 rings (SSSR count). The summed E-state index contributed by atoms with van der Waals surface area (Å²) in [5, 5.41) is 2.86. The zero-order valence-corrected chi connectivity index (χ0v) is 20.2. The van der Waals surface area contributed by atoms with E-state index in [0.717, 1.165) is 0 Å². The van der Waals surface area contributed by atoms with Gasteiger partial charge in [0, 0.05) is 11.5 Å². The third-order valence-electron chi connectivity index (χ3n) is 5.35. The van der Waals surface area contributed by atoms with Crippen LogP contribution in [0.25, 0.3) is 0 Å². The van der Waals surface area contributed by atoms with E-state index in [1.807, 2.05) is 20.8 Å². The highest BCUT2D eigenvalue weighted by atomic mass is 28.4. The quantitative estimate of drug-likeness (QED) is 0.448. The van der Waals surface area contributed by atoms with Crippen molar-refractivity contribution in [1.82, 2.24) is 0 Å². The standard InChI is InChI=1S/C23H33NO5Si/c1-22(2,3)21(26)24-17-12-10-9-11-16(17)20(25)29-18-13-14-27-19(18)15-28-30(7,8)23(4,5)6/h9-14H,15H2,1-8H3,(H,24,26). The Morgan fingerprint density at radius 1 is 1.03 bits per heavy atom. The van der Waals surface area contributed by atoms with E-state index >= 15 is 0 Å². The van der Waals surface area contributed by atoms with Gasteiger partial charge in [-0.2, -0.15) is 0 Å². The van der Waals surface area contributed by atoms with Gasteiger partial charge in [-0.3, -0.25) is 4.79 Å². The first-order valence-corrected chi connectivity index (χ1v) is 13.0. The molecule has 164 valence electrons. The Hall–Kier alpha value is -2.38. The molecule has 0 saturated heterocycles. The lowest BCUT2D eigenvalue weighted by Gasteiger charge is -2.35. The van der Waals surface area contributed by atoms with Gasteiger partial charge in [-0.1, -0.05) is 53.7 Å². The van der Waals surface area contributed by atoms with Gasteiger partial charge in [0.15, 0.2) is 19.8 Å². The molecule has 1 aromatic heterocycles. The van der Waals surface area contributed by atoms with E-state index in [-0.39, 0.29) is 23.1 Å². The Morgan fingerprint density at radius 3 is 2.27 bits per heavy atom. The topological polar surface area (TPSA) is 77.8 Å². The fraction of sp³-hybridized carbons (Fsp3) is 0.478. The molecule has 2 aromatic rings. The van der Waals surface area contributed by atoms with E-state index in [4.69, 9.17) is 13.6 Å². The monoisotopic (exact) mass is 431 g/mol. The fourth-order valence-corrected chi connectivity index (χ4v) is 3.15. The third-order valence-corrected chi connectivity index (χ3v) is 9.83. The number of para-hydroxylation sites is 1. The number of hydrogen-bond acceptors (Lipinski definition) is 5. The first kappa shape index (κ1) is 23.9. The van der Waals surface area contributed by atoms with E-state index in [1.54, 1.807) is 30.3 Å². The molecule has 0 aliphatic heterocycles. The van der Waals surface area contributed by atoms with Crippen molar-refractivity contribution in [3.63, 3.8) is 0 Å². The summed E-state index contributed by atoms with van der Waals surface area (Å²) in [6, 6.07) is 8.37. The van der Waals surface area contributed by atoms with Gasteiger partial charge >= 0.3 is 5.97 Å². The Morgan fingerprint density at radius 2 is 1.67 bits per heavy atom. The van der Waals surface area contributed by atoms with Crippen LogP contribution in [0, 0.1) is 5.41 Å². The molecule has 1 N–H and O–H groups in total. The molecule has 7 heteroatoms. The van der Waals surface area contributed by atoms with Crippen LogP contribution in [0.15, 0.2) is 41.0 Å². The maximum Gasteiger partial charge on any atom is 0.345 e. The molecule has 30 heavy (non-hydrogen) atoms. The number of nitrogens with one attached hydrogen (secondary N) is 1. The van der Waals surface area contributed by atoms with Crippen molar-refractivity contribution < 1.29 is 23.2 Å². The largest absolute Gasteiger partial charge is 0.463 e. The number of esters is 1. The zero-order valence-electron chi connectivity index (χ0n) is 19.2. The van der Waals surface area contributed by atoms with Crippen LogP contribution in [0.1, 0.15) is 57.7 Å². The van der Waals surface area contributed by atoms with Gasteiger partial charge in [-0.25, -0.2) is 4.79 Å². The summed E-state index contributed by atoms with van der Waals surface area (Å²) in [5.74, 6) is 0.0179. The lowest BCUT2D eigenvalue weighted by Crippen LogP contribution is -2.40. The molecular formula is C23H33NO5Si. The molecule has 0 spiro atoms. The molecule has 0 aliphatic rings. The predicted molar refractivity (Wildman–Crippen MR) is 120 cm³/mol. The van der Waals surface area contributed by atoms with Crippen LogP contribution in [-0.4, -0.2) is 20.2 Å². The molecule has 1 aromatic carbocycles. The summed E-state index contributed by atoms with van der Waals surface area (Å²) in [5.41, 5.74) is 0.0908. The molecule has 1 amide bonds. The highest BCUT2D eigenvalue weighted by Gasteiger charge is 2.37. The molecular weight excluding hydrogens is 398 g/mol. The average Bonchev–Trinajstić information content (AvgIpc) is 3.05. The number of rotatable bonds is 6. The van der Waals surface area contributed by atoms with Gasteiger partial charge in [0.05, 0.1) is 24.1 Å². The van der Waals surface area contributed by atoms with Gasteiger partial charge in [0.1, 0.15) is 0 Å². The van der Waals surface area contributed by atoms with Crippen molar-refractivity contribution in [2.75, 3.05) is 5.32 Å². The van der Waals surface area contributed by atoms with Crippen LogP contribution in [0.2, 0.25) is 18.1 Å². The second-order valence-corrected chi connectivity index (χ2v) is 14.7. The highest BCUT2D eigenvalue weighted by Crippen LogP contribution is 2.37. The van der Waals surface area contributed by atoms with Crippen molar-refractivity contribution in [3.05, 3.63) is 47.9 Å². The minimum Gasteiger partial charge on any atom is -0.463 e. The van der Waals surface area contributed by atoms with Crippen molar-refractivity contribution in [2.24, 2.45) is 5.41 Å². The number of ether oxygens (including phenoxy) is 1. The van der Waals surface area contributed by atoms with Crippen LogP contribution >= 0.6 is 0 Å². The summed E-state index contributed by atoms with van der Waals surface area (Å²) >= 11 is 0. The molecule has 0 aliphatic carbocycles. The van der Waals surface area contributed by atoms with Gasteiger partial charge < -0.3 is 18.9 Å². The average molecular weight is 432 g/mol. The molecule has 0 bridgehead atoms.